The molecule has 3 rings (SSSR count). The molecule has 0 fully saturated rings. The fourth-order valence-corrected chi connectivity index (χ4v) is 2.50. The van der Waals surface area contributed by atoms with Crippen molar-refractivity contribution in [1.29, 1.82) is 0 Å². The molecule has 0 saturated carbocycles. The Bertz CT molecular complexity index is 997. The maximum absolute atomic E-state index is 12.2. The molecule has 0 aliphatic heterocycles. The fourth-order valence-electron chi connectivity index (χ4n) is 2.50. The summed E-state index contributed by atoms with van der Waals surface area (Å²) in [5.41, 5.74) is 2.17. The first-order chi connectivity index (χ1) is 14.0. The third-order valence-electron chi connectivity index (χ3n) is 3.91. The average Bonchev–Trinajstić information content (AvgIpc) is 3.27. The SMILES string of the molecule is COC(=O)c1ccc(NCC(=O)Nc2cccc(NC(=O)c3ccco3)c2)cc1. The van der Waals surface area contributed by atoms with Crippen LogP contribution in [-0.4, -0.2) is 31.4 Å². The first kappa shape index (κ1) is 19.7. The molecule has 0 bridgehead atoms. The van der Waals surface area contributed by atoms with Crippen molar-refractivity contribution in [2.24, 2.45) is 0 Å². The minimum Gasteiger partial charge on any atom is -0.465 e. The largest absolute Gasteiger partial charge is 0.465 e. The summed E-state index contributed by atoms with van der Waals surface area (Å²) in [5, 5.41) is 8.41. The lowest BCUT2D eigenvalue weighted by atomic mass is 10.2. The predicted molar refractivity (Wildman–Crippen MR) is 108 cm³/mol. The van der Waals surface area contributed by atoms with E-state index in [1.807, 2.05) is 0 Å². The van der Waals surface area contributed by atoms with Gasteiger partial charge >= 0.3 is 5.97 Å². The van der Waals surface area contributed by atoms with Crippen molar-refractivity contribution in [2.75, 3.05) is 29.6 Å². The minimum absolute atomic E-state index is 0.0283. The Balaban J connectivity index is 1.52. The molecule has 0 radical (unpaired) electrons. The van der Waals surface area contributed by atoms with E-state index < -0.39 is 5.97 Å². The van der Waals surface area contributed by atoms with E-state index in [1.54, 1.807) is 60.7 Å². The Labute approximate surface area is 166 Å². The van der Waals surface area contributed by atoms with Gasteiger partial charge in [-0.15, -0.1) is 0 Å². The molecule has 29 heavy (non-hydrogen) atoms. The van der Waals surface area contributed by atoms with Crippen molar-refractivity contribution in [3.8, 4) is 0 Å². The Morgan fingerprint density at radius 3 is 2.28 bits per heavy atom. The third kappa shape index (κ3) is 5.46. The van der Waals surface area contributed by atoms with Crippen LogP contribution in [-0.2, 0) is 9.53 Å². The van der Waals surface area contributed by atoms with Crippen LogP contribution in [0.25, 0.3) is 0 Å². The molecule has 2 aromatic carbocycles. The summed E-state index contributed by atoms with van der Waals surface area (Å²) in [6, 6.07) is 16.6. The van der Waals surface area contributed by atoms with Crippen LogP contribution in [0.5, 0.6) is 0 Å². The van der Waals surface area contributed by atoms with Crippen molar-refractivity contribution in [3.63, 3.8) is 0 Å². The maximum Gasteiger partial charge on any atom is 0.337 e. The molecular weight excluding hydrogens is 374 g/mol. The highest BCUT2D eigenvalue weighted by molar-refractivity contribution is 6.03. The van der Waals surface area contributed by atoms with Gasteiger partial charge in [0.2, 0.25) is 5.91 Å². The van der Waals surface area contributed by atoms with Crippen molar-refractivity contribution in [1.82, 2.24) is 0 Å². The molecule has 1 aromatic heterocycles. The van der Waals surface area contributed by atoms with Crippen molar-refractivity contribution in [2.45, 2.75) is 0 Å². The highest BCUT2D eigenvalue weighted by atomic mass is 16.5. The number of furan rings is 1. The van der Waals surface area contributed by atoms with Gasteiger partial charge in [0.1, 0.15) is 0 Å². The second-order valence-corrected chi connectivity index (χ2v) is 5.98. The summed E-state index contributed by atoms with van der Waals surface area (Å²) in [6.07, 6.45) is 1.42. The van der Waals surface area contributed by atoms with Gasteiger partial charge in [-0.3, -0.25) is 9.59 Å². The Hall–Kier alpha value is -4.07. The molecule has 0 unspecified atom stereocenters. The molecule has 8 nitrogen and oxygen atoms in total. The van der Waals surface area contributed by atoms with Crippen LogP contribution < -0.4 is 16.0 Å². The van der Waals surface area contributed by atoms with Crippen molar-refractivity contribution < 1.29 is 23.5 Å². The van der Waals surface area contributed by atoms with Gasteiger partial charge in [0, 0.05) is 17.1 Å². The summed E-state index contributed by atoms with van der Waals surface area (Å²) in [5.74, 6) is -0.873. The van der Waals surface area contributed by atoms with Crippen molar-refractivity contribution in [3.05, 3.63) is 78.3 Å². The zero-order chi connectivity index (χ0) is 20.6. The summed E-state index contributed by atoms with van der Waals surface area (Å²) in [7, 11) is 1.32. The Morgan fingerprint density at radius 2 is 1.62 bits per heavy atom. The van der Waals surface area contributed by atoms with Crippen LogP contribution in [0.2, 0.25) is 0 Å². The normalized spacial score (nSPS) is 10.1. The van der Waals surface area contributed by atoms with Gasteiger partial charge in [0.15, 0.2) is 5.76 Å². The van der Waals surface area contributed by atoms with Gasteiger partial charge < -0.3 is 25.1 Å². The van der Waals surface area contributed by atoms with E-state index in [9.17, 15) is 14.4 Å². The van der Waals surface area contributed by atoms with Crippen LogP contribution in [0.3, 0.4) is 0 Å². The van der Waals surface area contributed by atoms with E-state index in [4.69, 9.17) is 4.42 Å². The number of anilines is 3. The van der Waals surface area contributed by atoms with Gasteiger partial charge in [-0.05, 0) is 54.6 Å². The van der Waals surface area contributed by atoms with E-state index in [0.717, 1.165) is 0 Å². The number of esters is 1. The molecule has 2 amide bonds. The van der Waals surface area contributed by atoms with E-state index >= 15 is 0 Å². The van der Waals surface area contributed by atoms with E-state index in [-0.39, 0.29) is 24.1 Å². The van der Waals surface area contributed by atoms with E-state index in [0.29, 0.717) is 22.6 Å². The van der Waals surface area contributed by atoms with E-state index in [2.05, 4.69) is 20.7 Å². The first-order valence-electron chi connectivity index (χ1n) is 8.72. The molecule has 148 valence electrons. The summed E-state index contributed by atoms with van der Waals surface area (Å²) >= 11 is 0. The van der Waals surface area contributed by atoms with E-state index in [1.165, 1.54) is 13.4 Å². The lowest BCUT2D eigenvalue weighted by molar-refractivity contribution is -0.114. The Morgan fingerprint density at radius 1 is 0.897 bits per heavy atom. The zero-order valence-electron chi connectivity index (χ0n) is 15.6. The molecule has 1 heterocycles. The van der Waals surface area contributed by atoms with Crippen LogP contribution in [0.4, 0.5) is 17.1 Å². The van der Waals surface area contributed by atoms with Gasteiger partial charge in [-0.2, -0.15) is 0 Å². The topological polar surface area (TPSA) is 110 Å². The number of methoxy groups -OCH3 is 1. The van der Waals surface area contributed by atoms with Crippen LogP contribution in [0, 0.1) is 0 Å². The highest BCUT2D eigenvalue weighted by Crippen LogP contribution is 2.16. The van der Waals surface area contributed by atoms with Crippen LogP contribution in [0.15, 0.2) is 71.3 Å². The lowest BCUT2D eigenvalue weighted by Gasteiger charge is -2.10. The molecule has 0 atom stereocenters. The molecule has 8 heteroatoms. The number of hydrogen-bond donors (Lipinski definition) is 3. The standard InChI is InChI=1S/C21H19N3O5/c1-28-21(27)14-7-9-15(10-8-14)22-13-19(25)23-16-4-2-5-17(12-16)24-20(26)18-6-3-11-29-18/h2-12,22H,13H2,1H3,(H,23,25)(H,24,26). The Kier molecular flexibility index (Phi) is 6.26. The maximum atomic E-state index is 12.2. The molecule has 3 aromatic rings. The number of benzene rings is 2. The number of rotatable bonds is 7. The smallest absolute Gasteiger partial charge is 0.337 e. The first-order valence-corrected chi connectivity index (χ1v) is 8.72. The quantitative estimate of drug-likeness (QED) is 0.531. The molecule has 0 spiro atoms. The van der Waals surface area contributed by atoms with Crippen LogP contribution in [0.1, 0.15) is 20.9 Å². The second-order valence-electron chi connectivity index (χ2n) is 5.98. The molecular formula is C21H19N3O5. The number of carbonyl (C=O) groups excluding carboxylic acids is 3. The minimum atomic E-state index is -0.423. The zero-order valence-corrected chi connectivity index (χ0v) is 15.6. The second kappa shape index (κ2) is 9.23. The summed E-state index contributed by atoms with van der Waals surface area (Å²) in [6.45, 7) is 0.0283. The molecule has 3 N–H and O–H groups in total. The number of nitrogens with one attached hydrogen (secondary N) is 3. The van der Waals surface area contributed by atoms with Gasteiger partial charge in [-0.1, -0.05) is 6.07 Å². The van der Waals surface area contributed by atoms with Crippen LogP contribution >= 0.6 is 0 Å². The van der Waals surface area contributed by atoms with Gasteiger partial charge in [-0.25, -0.2) is 4.79 Å². The van der Waals surface area contributed by atoms with Crippen molar-refractivity contribution >= 4 is 34.8 Å². The third-order valence-corrected chi connectivity index (χ3v) is 3.91. The number of ether oxygens (including phenoxy) is 1. The molecule has 0 saturated heterocycles. The molecule has 0 aliphatic rings. The van der Waals surface area contributed by atoms with Gasteiger partial charge in [0.25, 0.3) is 5.91 Å². The summed E-state index contributed by atoms with van der Waals surface area (Å²) < 4.78 is 9.69. The lowest BCUT2D eigenvalue weighted by Crippen LogP contribution is -2.22. The highest BCUT2D eigenvalue weighted by Gasteiger charge is 2.10. The monoisotopic (exact) mass is 393 g/mol. The number of amides is 2. The average molecular weight is 393 g/mol. The molecule has 0 aliphatic carbocycles. The summed E-state index contributed by atoms with van der Waals surface area (Å²) in [4.78, 5) is 35.6. The predicted octanol–water partition coefficient (Wildman–Crippen LogP) is 3.37. The fraction of sp³-hybridized carbons (Fsp3) is 0.0952. The number of carbonyl (C=O) groups is 3. The number of hydrogen-bond acceptors (Lipinski definition) is 6. The van der Waals surface area contributed by atoms with Gasteiger partial charge in [0.05, 0.1) is 25.5 Å².